The Bertz CT molecular complexity index is 589. The van der Waals surface area contributed by atoms with Gasteiger partial charge in [-0.3, -0.25) is 0 Å². The van der Waals surface area contributed by atoms with Crippen LogP contribution < -0.4 is 5.32 Å². The van der Waals surface area contributed by atoms with Crippen LogP contribution in [0.15, 0.2) is 24.3 Å². The van der Waals surface area contributed by atoms with Crippen LogP contribution in [0.3, 0.4) is 0 Å². The Morgan fingerprint density at radius 3 is 2.89 bits per heavy atom. The zero-order chi connectivity index (χ0) is 13.5. The molecule has 1 atom stereocenters. The predicted molar refractivity (Wildman–Crippen MR) is 79.7 cm³/mol. The molecule has 0 radical (unpaired) electrons. The summed E-state index contributed by atoms with van der Waals surface area (Å²) in [7, 11) is 0. The van der Waals surface area contributed by atoms with Gasteiger partial charge in [-0.15, -0.1) is 0 Å². The Labute approximate surface area is 118 Å². The van der Waals surface area contributed by atoms with Crippen LogP contribution in [0.5, 0.6) is 0 Å². The smallest absolute Gasteiger partial charge is 0.203 e. The van der Waals surface area contributed by atoms with Gasteiger partial charge in [0.1, 0.15) is 5.82 Å². The molecular weight excluding hydrogens is 254 g/mol. The largest absolute Gasteiger partial charge is 0.353 e. The monoisotopic (exact) mass is 273 g/mol. The second-order valence-corrected chi connectivity index (χ2v) is 6.49. The van der Waals surface area contributed by atoms with E-state index < -0.39 is 0 Å². The van der Waals surface area contributed by atoms with E-state index >= 15 is 0 Å². The number of anilines is 1. The van der Waals surface area contributed by atoms with Crippen molar-refractivity contribution in [2.45, 2.75) is 45.1 Å². The van der Waals surface area contributed by atoms with Crippen LogP contribution in [0.2, 0.25) is 0 Å². The zero-order valence-corrected chi connectivity index (χ0v) is 12.4. The van der Waals surface area contributed by atoms with Crippen molar-refractivity contribution in [3.63, 3.8) is 0 Å². The summed E-state index contributed by atoms with van der Waals surface area (Å²) in [5.41, 5.74) is 3.08. The highest BCUT2D eigenvalue weighted by Crippen LogP contribution is 2.45. The van der Waals surface area contributed by atoms with Crippen LogP contribution in [0.25, 0.3) is 0 Å². The van der Waals surface area contributed by atoms with Gasteiger partial charge in [0.25, 0.3) is 0 Å². The van der Waals surface area contributed by atoms with Gasteiger partial charge < -0.3 is 5.32 Å². The van der Waals surface area contributed by atoms with Gasteiger partial charge in [-0.2, -0.15) is 4.37 Å². The molecular formula is C15H19N3S. The van der Waals surface area contributed by atoms with Gasteiger partial charge in [0.15, 0.2) is 0 Å². The summed E-state index contributed by atoms with van der Waals surface area (Å²) in [6.45, 7) is 6.70. The molecule has 1 aromatic heterocycles. The molecule has 2 aromatic rings. The molecule has 0 saturated heterocycles. The third-order valence-electron chi connectivity index (χ3n) is 3.86. The molecule has 1 aliphatic rings. The SMILES string of the molecule is CCc1nsc(NC2CC(C)(C)c3ccccc32)n1. The van der Waals surface area contributed by atoms with E-state index in [2.05, 4.69) is 59.7 Å². The molecule has 1 N–H and O–H groups in total. The van der Waals surface area contributed by atoms with E-state index in [1.165, 1.54) is 22.7 Å². The highest BCUT2D eigenvalue weighted by Gasteiger charge is 2.36. The second kappa shape index (κ2) is 4.60. The van der Waals surface area contributed by atoms with E-state index in [1.54, 1.807) is 0 Å². The summed E-state index contributed by atoms with van der Waals surface area (Å²) in [4.78, 5) is 4.51. The average molecular weight is 273 g/mol. The molecule has 0 bridgehead atoms. The van der Waals surface area contributed by atoms with Gasteiger partial charge in [0.2, 0.25) is 5.13 Å². The zero-order valence-electron chi connectivity index (χ0n) is 11.6. The maximum absolute atomic E-state index is 4.51. The Balaban J connectivity index is 1.87. The van der Waals surface area contributed by atoms with Crippen molar-refractivity contribution < 1.29 is 0 Å². The van der Waals surface area contributed by atoms with E-state index in [1.807, 2.05) is 0 Å². The highest BCUT2D eigenvalue weighted by molar-refractivity contribution is 7.09. The fraction of sp³-hybridized carbons (Fsp3) is 0.467. The molecule has 1 aromatic carbocycles. The highest BCUT2D eigenvalue weighted by atomic mass is 32.1. The van der Waals surface area contributed by atoms with Crippen molar-refractivity contribution in [2.75, 3.05) is 5.32 Å². The third-order valence-corrected chi connectivity index (χ3v) is 4.55. The van der Waals surface area contributed by atoms with Crippen LogP contribution in [-0.2, 0) is 11.8 Å². The van der Waals surface area contributed by atoms with Crippen LogP contribution in [-0.4, -0.2) is 9.36 Å². The summed E-state index contributed by atoms with van der Waals surface area (Å²) in [6.07, 6.45) is 2.00. The molecule has 100 valence electrons. The van der Waals surface area contributed by atoms with E-state index in [9.17, 15) is 0 Å². The first-order valence-corrected chi connectivity index (χ1v) is 7.56. The maximum Gasteiger partial charge on any atom is 0.203 e. The Kier molecular flexibility index (Phi) is 3.05. The number of fused-ring (bicyclic) bond motifs is 1. The minimum Gasteiger partial charge on any atom is -0.353 e. The summed E-state index contributed by atoms with van der Waals surface area (Å²) >= 11 is 1.46. The lowest BCUT2D eigenvalue weighted by Crippen LogP contribution is -2.14. The molecule has 4 heteroatoms. The van der Waals surface area contributed by atoms with E-state index in [0.29, 0.717) is 6.04 Å². The van der Waals surface area contributed by atoms with Gasteiger partial charge in [0.05, 0.1) is 6.04 Å². The molecule has 0 fully saturated rings. The number of benzene rings is 1. The number of hydrogen-bond acceptors (Lipinski definition) is 4. The Morgan fingerprint density at radius 2 is 2.16 bits per heavy atom. The first-order chi connectivity index (χ1) is 9.10. The lowest BCUT2D eigenvalue weighted by molar-refractivity contribution is 0.493. The van der Waals surface area contributed by atoms with E-state index in [4.69, 9.17) is 0 Å². The summed E-state index contributed by atoms with van der Waals surface area (Å²) in [5.74, 6) is 0.929. The molecule has 0 spiro atoms. The summed E-state index contributed by atoms with van der Waals surface area (Å²) in [5, 5.41) is 4.49. The molecule has 3 nitrogen and oxygen atoms in total. The lowest BCUT2D eigenvalue weighted by Gasteiger charge is -2.19. The standard InChI is InChI=1S/C15H19N3S/c1-4-13-17-14(19-18-13)16-12-9-15(2,3)11-8-6-5-7-10(11)12/h5-8,12H,4,9H2,1-3H3,(H,16,17,18). The topological polar surface area (TPSA) is 37.8 Å². The van der Waals surface area contributed by atoms with Crippen LogP contribution in [0.1, 0.15) is 50.2 Å². The normalized spacial score (nSPS) is 20.3. The van der Waals surface area contributed by atoms with Crippen molar-refractivity contribution in [1.29, 1.82) is 0 Å². The van der Waals surface area contributed by atoms with E-state index in [0.717, 1.165) is 23.8 Å². The molecule has 0 saturated carbocycles. The number of nitrogens with zero attached hydrogens (tertiary/aromatic N) is 2. The van der Waals surface area contributed by atoms with Crippen molar-refractivity contribution in [3.05, 3.63) is 41.2 Å². The first kappa shape index (κ1) is 12.6. The molecule has 1 heterocycles. The van der Waals surface area contributed by atoms with Crippen molar-refractivity contribution in [1.82, 2.24) is 9.36 Å². The van der Waals surface area contributed by atoms with Crippen LogP contribution >= 0.6 is 11.5 Å². The number of hydrogen-bond donors (Lipinski definition) is 1. The minimum atomic E-state index is 0.229. The van der Waals surface area contributed by atoms with Crippen molar-refractivity contribution in [3.8, 4) is 0 Å². The number of aryl methyl sites for hydroxylation is 1. The van der Waals surface area contributed by atoms with Crippen LogP contribution in [0.4, 0.5) is 5.13 Å². The Hall–Kier alpha value is -1.42. The first-order valence-electron chi connectivity index (χ1n) is 6.78. The van der Waals surface area contributed by atoms with Gasteiger partial charge in [-0.25, -0.2) is 4.98 Å². The minimum absolute atomic E-state index is 0.229. The van der Waals surface area contributed by atoms with Crippen molar-refractivity contribution in [2.24, 2.45) is 0 Å². The van der Waals surface area contributed by atoms with Gasteiger partial charge >= 0.3 is 0 Å². The fourth-order valence-electron chi connectivity index (χ4n) is 2.88. The number of aromatic nitrogens is 2. The molecule has 1 unspecified atom stereocenters. The predicted octanol–water partition coefficient (Wildman–Crippen LogP) is 3.94. The summed E-state index contributed by atoms with van der Waals surface area (Å²) < 4.78 is 4.34. The molecule has 0 aliphatic heterocycles. The Morgan fingerprint density at radius 1 is 1.37 bits per heavy atom. The fourth-order valence-corrected chi connectivity index (χ4v) is 3.58. The van der Waals surface area contributed by atoms with Gasteiger partial charge in [-0.05, 0) is 23.0 Å². The average Bonchev–Trinajstić information content (AvgIpc) is 2.94. The number of nitrogens with one attached hydrogen (secondary N) is 1. The molecule has 0 amide bonds. The summed E-state index contributed by atoms with van der Waals surface area (Å²) in [6, 6.07) is 9.07. The van der Waals surface area contributed by atoms with Crippen molar-refractivity contribution >= 4 is 16.7 Å². The third kappa shape index (κ3) is 2.25. The number of rotatable bonds is 3. The van der Waals surface area contributed by atoms with Gasteiger partial charge in [-0.1, -0.05) is 45.0 Å². The molecule has 1 aliphatic carbocycles. The molecule has 3 rings (SSSR count). The lowest BCUT2D eigenvalue weighted by atomic mass is 9.86. The second-order valence-electron chi connectivity index (χ2n) is 5.74. The maximum atomic E-state index is 4.51. The van der Waals surface area contributed by atoms with E-state index in [-0.39, 0.29) is 5.41 Å². The van der Waals surface area contributed by atoms with Gasteiger partial charge in [0, 0.05) is 18.0 Å². The molecule has 19 heavy (non-hydrogen) atoms. The van der Waals surface area contributed by atoms with Crippen LogP contribution in [0, 0.1) is 0 Å². The quantitative estimate of drug-likeness (QED) is 0.920.